The van der Waals surface area contributed by atoms with Crippen LogP contribution in [0.3, 0.4) is 0 Å². The van der Waals surface area contributed by atoms with Gasteiger partial charge in [-0.2, -0.15) is 0 Å². The molecule has 0 aliphatic heterocycles. The van der Waals surface area contributed by atoms with Crippen molar-refractivity contribution in [3.63, 3.8) is 0 Å². The molecule has 1 saturated carbocycles. The molecule has 0 aromatic carbocycles. The van der Waals surface area contributed by atoms with Crippen molar-refractivity contribution in [3.05, 3.63) is 21.9 Å². The van der Waals surface area contributed by atoms with E-state index in [9.17, 15) is 4.79 Å². The van der Waals surface area contributed by atoms with Gasteiger partial charge in [-0.1, -0.05) is 24.7 Å². The molecule has 0 bridgehead atoms. The summed E-state index contributed by atoms with van der Waals surface area (Å²) in [6, 6.07) is 2.18. The van der Waals surface area contributed by atoms with Crippen molar-refractivity contribution in [2.24, 2.45) is 0 Å². The molecule has 1 fully saturated rings. The molecule has 0 radical (unpaired) electrons. The molecule has 108 valence electrons. The standard InChI is InChI=1S/C15H20N2O2S/c18-9-4-3-5-12-8-10-20-14(12)11-16-15(19)17-13-6-1-2-7-13/h8,10,13,18H,1-2,4,6-7,9,11H2,(H2,16,17,19). The quantitative estimate of drug-likeness (QED) is 0.745. The van der Waals surface area contributed by atoms with Gasteiger partial charge in [0.05, 0.1) is 13.2 Å². The molecule has 0 spiro atoms. The van der Waals surface area contributed by atoms with E-state index < -0.39 is 0 Å². The zero-order valence-electron chi connectivity index (χ0n) is 11.4. The number of aliphatic hydroxyl groups excluding tert-OH is 1. The summed E-state index contributed by atoms with van der Waals surface area (Å²) in [7, 11) is 0. The summed E-state index contributed by atoms with van der Waals surface area (Å²) in [4.78, 5) is 12.8. The van der Waals surface area contributed by atoms with Crippen LogP contribution in [0.5, 0.6) is 0 Å². The minimum Gasteiger partial charge on any atom is -0.395 e. The number of urea groups is 1. The lowest BCUT2D eigenvalue weighted by atomic mass is 10.2. The monoisotopic (exact) mass is 292 g/mol. The highest BCUT2D eigenvalue weighted by atomic mass is 32.1. The normalized spacial score (nSPS) is 14.7. The summed E-state index contributed by atoms with van der Waals surface area (Å²) in [5, 5.41) is 16.6. The van der Waals surface area contributed by atoms with Gasteiger partial charge in [0.15, 0.2) is 0 Å². The molecule has 1 aromatic heterocycles. The third-order valence-corrected chi connectivity index (χ3v) is 4.23. The number of carbonyl (C=O) groups is 1. The van der Waals surface area contributed by atoms with E-state index in [1.165, 1.54) is 12.8 Å². The van der Waals surface area contributed by atoms with Gasteiger partial charge in [-0.25, -0.2) is 4.79 Å². The number of hydrogen-bond acceptors (Lipinski definition) is 3. The lowest BCUT2D eigenvalue weighted by Crippen LogP contribution is -2.40. The lowest BCUT2D eigenvalue weighted by Gasteiger charge is -2.12. The second-order valence-corrected chi connectivity index (χ2v) is 5.84. The number of amides is 2. The van der Waals surface area contributed by atoms with E-state index >= 15 is 0 Å². The van der Waals surface area contributed by atoms with Crippen LogP contribution in [0.4, 0.5) is 4.79 Å². The summed E-state index contributed by atoms with van der Waals surface area (Å²) in [6.45, 7) is 0.577. The second-order valence-electron chi connectivity index (χ2n) is 4.84. The molecule has 2 rings (SSSR count). The topological polar surface area (TPSA) is 61.4 Å². The van der Waals surface area contributed by atoms with E-state index in [0.717, 1.165) is 23.3 Å². The molecule has 5 heteroatoms. The van der Waals surface area contributed by atoms with E-state index in [1.807, 2.05) is 11.4 Å². The van der Waals surface area contributed by atoms with Crippen LogP contribution in [-0.2, 0) is 6.54 Å². The Bertz CT molecular complexity index is 495. The van der Waals surface area contributed by atoms with Crippen LogP contribution in [0.2, 0.25) is 0 Å². The minimum atomic E-state index is -0.0976. The van der Waals surface area contributed by atoms with E-state index in [4.69, 9.17) is 5.11 Å². The number of aliphatic hydroxyl groups is 1. The van der Waals surface area contributed by atoms with Gasteiger partial charge < -0.3 is 15.7 Å². The number of nitrogens with one attached hydrogen (secondary N) is 2. The summed E-state index contributed by atoms with van der Waals surface area (Å²) in [5.74, 6) is 5.92. The first kappa shape index (κ1) is 14.9. The maximum absolute atomic E-state index is 11.8. The van der Waals surface area contributed by atoms with Gasteiger partial charge >= 0.3 is 6.03 Å². The molecule has 1 aliphatic rings. The van der Waals surface area contributed by atoms with Gasteiger partial charge in [-0.05, 0) is 24.3 Å². The highest BCUT2D eigenvalue weighted by Gasteiger charge is 2.16. The molecule has 3 N–H and O–H groups in total. The fraction of sp³-hybridized carbons (Fsp3) is 0.533. The molecule has 1 aromatic rings. The van der Waals surface area contributed by atoms with E-state index in [-0.39, 0.29) is 12.6 Å². The molecule has 1 heterocycles. The summed E-state index contributed by atoms with van der Waals surface area (Å²) in [5.41, 5.74) is 0.935. The van der Waals surface area contributed by atoms with Gasteiger partial charge in [0.1, 0.15) is 0 Å². The number of carbonyl (C=O) groups excluding carboxylic acids is 1. The van der Waals surface area contributed by atoms with Gasteiger partial charge in [0, 0.05) is 22.9 Å². The van der Waals surface area contributed by atoms with Crippen molar-refractivity contribution in [1.29, 1.82) is 0 Å². The van der Waals surface area contributed by atoms with Crippen LogP contribution in [-0.4, -0.2) is 23.8 Å². The molecule has 1 aliphatic carbocycles. The molecule has 4 nitrogen and oxygen atoms in total. The second kappa shape index (κ2) is 7.93. The maximum Gasteiger partial charge on any atom is 0.315 e. The average molecular weight is 292 g/mol. The van der Waals surface area contributed by atoms with Gasteiger partial charge in [0.2, 0.25) is 0 Å². The SMILES string of the molecule is O=C(NCc1sccc1C#CCCO)NC1CCCC1. The maximum atomic E-state index is 11.8. The van der Waals surface area contributed by atoms with Crippen LogP contribution in [0, 0.1) is 11.8 Å². The first-order valence-corrected chi connectivity index (χ1v) is 7.88. The van der Waals surface area contributed by atoms with Crippen molar-refractivity contribution < 1.29 is 9.90 Å². The molecule has 0 saturated heterocycles. The minimum absolute atomic E-state index is 0.0779. The predicted octanol–water partition coefficient (Wildman–Crippen LogP) is 2.22. The fourth-order valence-corrected chi connectivity index (χ4v) is 3.04. The van der Waals surface area contributed by atoms with Crippen molar-refractivity contribution in [1.82, 2.24) is 10.6 Å². The molecule has 20 heavy (non-hydrogen) atoms. The van der Waals surface area contributed by atoms with Gasteiger partial charge in [-0.15, -0.1) is 11.3 Å². The Hall–Kier alpha value is -1.51. The van der Waals surface area contributed by atoms with Crippen molar-refractivity contribution in [3.8, 4) is 11.8 Å². The summed E-state index contributed by atoms with van der Waals surface area (Å²) < 4.78 is 0. The van der Waals surface area contributed by atoms with Crippen LogP contribution in [0.25, 0.3) is 0 Å². The third-order valence-electron chi connectivity index (χ3n) is 3.31. The average Bonchev–Trinajstić information content (AvgIpc) is 3.08. The lowest BCUT2D eigenvalue weighted by molar-refractivity contribution is 0.237. The van der Waals surface area contributed by atoms with Gasteiger partial charge in [-0.3, -0.25) is 0 Å². The first-order valence-electron chi connectivity index (χ1n) is 7.00. The van der Waals surface area contributed by atoms with Crippen LogP contribution >= 0.6 is 11.3 Å². The fourth-order valence-electron chi connectivity index (χ4n) is 2.27. The summed E-state index contributed by atoms with van der Waals surface area (Å²) in [6.07, 6.45) is 5.07. The smallest absolute Gasteiger partial charge is 0.315 e. The Morgan fingerprint density at radius 2 is 2.25 bits per heavy atom. The first-order chi connectivity index (χ1) is 9.79. The van der Waals surface area contributed by atoms with E-state index in [1.54, 1.807) is 11.3 Å². The molecular weight excluding hydrogens is 272 g/mol. The highest BCUT2D eigenvalue weighted by molar-refractivity contribution is 7.10. The molecular formula is C15H20N2O2S. The van der Waals surface area contributed by atoms with Crippen molar-refractivity contribution >= 4 is 17.4 Å². The zero-order chi connectivity index (χ0) is 14.2. The highest BCUT2D eigenvalue weighted by Crippen LogP contribution is 2.18. The third kappa shape index (κ3) is 4.55. The molecule has 2 amide bonds. The Morgan fingerprint density at radius 1 is 1.45 bits per heavy atom. The largest absolute Gasteiger partial charge is 0.395 e. The van der Waals surface area contributed by atoms with Crippen molar-refractivity contribution in [2.45, 2.75) is 44.7 Å². The number of thiophene rings is 1. The van der Waals surface area contributed by atoms with E-state index in [0.29, 0.717) is 19.0 Å². The number of rotatable bonds is 4. The zero-order valence-corrected chi connectivity index (χ0v) is 12.3. The Morgan fingerprint density at radius 3 is 3.00 bits per heavy atom. The van der Waals surface area contributed by atoms with Crippen LogP contribution < -0.4 is 10.6 Å². The number of hydrogen-bond donors (Lipinski definition) is 3. The molecule has 0 unspecified atom stereocenters. The van der Waals surface area contributed by atoms with Gasteiger partial charge in [0.25, 0.3) is 0 Å². The Balaban J connectivity index is 1.80. The predicted molar refractivity (Wildman–Crippen MR) is 80.5 cm³/mol. The summed E-state index contributed by atoms with van der Waals surface area (Å²) >= 11 is 1.58. The Kier molecular flexibility index (Phi) is 5.90. The van der Waals surface area contributed by atoms with Crippen LogP contribution in [0.15, 0.2) is 11.4 Å². The van der Waals surface area contributed by atoms with Crippen LogP contribution in [0.1, 0.15) is 42.5 Å². The van der Waals surface area contributed by atoms with E-state index in [2.05, 4.69) is 22.5 Å². The van der Waals surface area contributed by atoms with Crippen molar-refractivity contribution in [2.75, 3.05) is 6.61 Å². The Labute approximate surface area is 123 Å². The molecule has 0 atom stereocenters.